The molecule has 6 aromatic rings. The lowest BCUT2D eigenvalue weighted by Gasteiger charge is -2.16. The second-order valence-corrected chi connectivity index (χ2v) is 18.7. The van der Waals surface area contributed by atoms with Crippen LogP contribution in [0.5, 0.6) is 11.5 Å². The topological polar surface area (TPSA) is 126 Å². The molecule has 0 bridgehead atoms. The zero-order chi connectivity index (χ0) is 48.0. The number of aryl methyl sites for hydroxylation is 2. The lowest BCUT2D eigenvalue weighted by atomic mass is 9.95. The Labute approximate surface area is 406 Å². The van der Waals surface area contributed by atoms with Gasteiger partial charge in [-0.05, 0) is 88.9 Å². The summed E-state index contributed by atoms with van der Waals surface area (Å²) < 4.78 is 12.2. The first kappa shape index (κ1) is 51.2. The van der Waals surface area contributed by atoms with E-state index in [-0.39, 0.29) is 5.70 Å². The Kier molecular flexibility index (Phi) is 20.7. The average Bonchev–Trinajstić information content (AvgIpc) is 4.07. The van der Waals surface area contributed by atoms with Gasteiger partial charge in [0.15, 0.2) is 11.5 Å². The van der Waals surface area contributed by atoms with Gasteiger partial charge in [-0.3, -0.25) is 4.79 Å². The Hall–Kier alpha value is -6.75. The van der Waals surface area contributed by atoms with Crippen LogP contribution in [-0.2, 0) is 22.4 Å². The molecule has 0 amide bonds. The smallest absolute Gasteiger partial charge is 0.384 e. The molecule has 0 spiro atoms. The number of unbranched alkanes of at least 4 members (excludes halogenated alkanes) is 6. The monoisotopic (exact) mass is 949 g/mol. The summed E-state index contributed by atoms with van der Waals surface area (Å²) >= 11 is 5.11. The molecule has 344 valence electrons. The van der Waals surface area contributed by atoms with Crippen molar-refractivity contribution in [3.63, 3.8) is 0 Å². The predicted octanol–water partition coefficient (Wildman–Crippen LogP) is 15.3. The zero-order valence-electron chi connectivity index (χ0n) is 38.2. The third-order valence-electron chi connectivity index (χ3n) is 10.6. The van der Waals surface area contributed by atoms with Crippen LogP contribution in [-0.4, -0.2) is 41.9 Å². The van der Waals surface area contributed by atoms with Crippen LogP contribution in [0.25, 0.3) is 57.4 Å². The Morgan fingerprint density at radius 3 is 1.72 bits per heavy atom. The highest BCUT2D eigenvalue weighted by molar-refractivity contribution is 7.27. The van der Waals surface area contributed by atoms with Crippen molar-refractivity contribution in [3.05, 3.63) is 158 Å². The van der Waals surface area contributed by atoms with Gasteiger partial charge in [-0.1, -0.05) is 137 Å². The molecule has 67 heavy (non-hydrogen) atoms. The summed E-state index contributed by atoms with van der Waals surface area (Å²) in [5.74, 6) is -1.15. The molecule has 9 nitrogen and oxygen atoms in total. The third-order valence-corrected chi connectivity index (χ3v) is 14.4. The van der Waals surface area contributed by atoms with Crippen LogP contribution in [0, 0.1) is 24.5 Å². The second-order valence-electron chi connectivity index (χ2n) is 15.5. The molecule has 3 aromatic heterocycles. The van der Waals surface area contributed by atoms with Crippen LogP contribution in [0.1, 0.15) is 105 Å². The maximum Gasteiger partial charge on any atom is 0.384 e. The van der Waals surface area contributed by atoms with E-state index < -0.39 is 18.5 Å². The van der Waals surface area contributed by atoms with Crippen LogP contribution in [0.15, 0.2) is 103 Å². The lowest BCUT2D eigenvalue weighted by molar-refractivity contribution is -0.135. The van der Waals surface area contributed by atoms with Crippen LogP contribution >= 0.6 is 34.0 Å². The van der Waals surface area contributed by atoms with Crippen molar-refractivity contribution in [1.82, 2.24) is 0 Å². The Morgan fingerprint density at radius 1 is 0.701 bits per heavy atom. The molecule has 0 saturated carbocycles. The van der Waals surface area contributed by atoms with E-state index in [0.717, 1.165) is 41.0 Å². The van der Waals surface area contributed by atoms with E-state index in [1.165, 1.54) is 111 Å². The summed E-state index contributed by atoms with van der Waals surface area (Å²) in [4.78, 5) is 33.5. The largest absolute Gasteiger partial charge is 0.486 e. The van der Waals surface area contributed by atoms with E-state index in [1.807, 2.05) is 11.3 Å². The van der Waals surface area contributed by atoms with Crippen molar-refractivity contribution in [1.29, 1.82) is 5.26 Å². The average molecular weight is 950 g/mol. The number of hydrogen-bond donors (Lipinski definition) is 2. The summed E-state index contributed by atoms with van der Waals surface area (Å²) in [6, 6.07) is 36.8. The van der Waals surface area contributed by atoms with Crippen molar-refractivity contribution in [2.45, 2.75) is 85.0 Å². The number of carboxylic acids is 2. The van der Waals surface area contributed by atoms with Gasteiger partial charge in [-0.2, -0.15) is 5.26 Å². The number of rotatable bonds is 19. The predicted molar refractivity (Wildman–Crippen MR) is 276 cm³/mol. The minimum atomic E-state index is -1.25. The van der Waals surface area contributed by atoms with E-state index in [0.29, 0.717) is 29.6 Å². The van der Waals surface area contributed by atoms with Gasteiger partial charge in [0.05, 0.1) is 22.4 Å². The molecule has 0 saturated heterocycles. The molecule has 2 N–H and O–H groups in total. The van der Waals surface area contributed by atoms with Crippen molar-refractivity contribution >= 4 is 63.7 Å². The first-order valence-electron chi connectivity index (χ1n) is 22.5. The number of nitrogens with zero attached hydrogens (tertiary/aromatic N) is 3. The zero-order valence-corrected chi connectivity index (χ0v) is 40.6. The van der Waals surface area contributed by atoms with Gasteiger partial charge in [0.2, 0.25) is 0 Å². The SMILES string of the molecule is CC#N.[C-]#[N+]/C(=C/c1sc(-c2cc(CCCCCC)c(-c3cc(CCCCCC)c(-c4ccc(C=C(c5ccccc5)c5ccccc5)cc4)s3)s2)c2c1OCCO2)C(=O)O.[C-]#[N+]CC(=O)O. The van der Waals surface area contributed by atoms with Crippen molar-refractivity contribution in [2.24, 2.45) is 0 Å². The maximum atomic E-state index is 11.8. The van der Waals surface area contributed by atoms with Crippen LogP contribution < -0.4 is 9.47 Å². The number of hydrogen-bond acceptors (Lipinski definition) is 8. The molecule has 0 fully saturated rings. The number of ether oxygens (including phenoxy) is 2. The van der Waals surface area contributed by atoms with Gasteiger partial charge in [0, 0.05) is 26.4 Å². The van der Waals surface area contributed by atoms with Gasteiger partial charge < -0.3 is 24.5 Å². The molecule has 1 aliphatic heterocycles. The van der Waals surface area contributed by atoms with Gasteiger partial charge in [-0.25, -0.2) is 16.2 Å². The summed E-state index contributed by atoms with van der Waals surface area (Å²) in [6.45, 7) is 19.7. The summed E-state index contributed by atoms with van der Waals surface area (Å²) in [5.41, 5.74) is 8.38. The van der Waals surface area contributed by atoms with Crippen molar-refractivity contribution in [3.8, 4) is 47.5 Å². The normalized spacial score (nSPS) is 11.4. The molecule has 3 aromatic carbocycles. The molecule has 0 aliphatic carbocycles. The molecule has 1 aliphatic rings. The Bertz CT molecular complexity index is 2700. The summed E-state index contributed by atoms with van der Waals surface area (Å²) in [7, 11) is 0. The van der Waals surface area contributed by atoms with Crippen LogP contribution in [0.3, 0.4) is 0 Å². The standard InChI is InChI=1S/C50H49NO4S3.C3H3NO2.C2H3N/c1-4-6-8-12-22-38-31-43(57-47(38)37-26-24-34(25-27-37)30-40(35-18-14-10-15-19-35)36-20-16-11-17-21-36)48-39(23-13-9-7-5-2)32-44(58-48)49-46-45(54-28-29-55-46)42(56-49)33-41(51-3)50(52)53;1-4-2-3(5)6;1-2-3/h10-11,14-21,24-27,30-33H,4-9,12-13,22-23,28-29H2,1-2H3,(H,52,53);2H2,(H,5,6);1H3/b41-33+;;. The van der Waals surface area contributed by atoms with E-state index in [1.54, 1.807) is 17.4 Å². The summed E-state index contributed by atoms with van der Waals surface area (Å²) in [6.07, 6.45) is 15.3. The molecule has 12 heteroatoms. The van der Waals surface area contributed by atoms with Crippen LogP contribution in [0.2, 0.25) is 0 Å². The maximum absolute atomic E-state index is 11.8. The van der Waals surface area contributed by atoms with E-state index in [4.69, 9.17) is 33.0 Å². The highest BCUT2D eigenvalue weighted by Crippen LogP contribution is 2.54. The lowest BCUT2D eigenvalue weighted by Crippen LogP contribution is -2.14. The number of carboxylic acid groups (broad SMARTS) is 2. The molecular weight excluding hydrogens is 895 g/mol. The van der Waals surface area contributed by atoms with Gasteiger partial charge >= 0.3 is 18.5 Å². The van der Waals surface area contributed by atoms with E-state index in [9.17, 15) is 14.7 Å². The Balaban J connectivity index is 0.000000855. The number of aliphatic carboxylic acids is 2. The minimum absolute atomic E-state index is 0.345. The molecule has 0 atom stereocenters. The fraction of sp³-hybridized carbons (Fsp3) is 0.291. The quantitative estimate of drug-likeness (QED) is 0.0358. The molecule has 4 heterocycles. The van der Waals surface area contributed by atoms with Crippen LogP contribution in [0.4, 0.5) is 0 Å². The fourth-order valence-corrected chi connectivity index (χ4v) is 11.2. The number of fused-ring (bicyclic) bond motifs is 1. The Morgan fingerprint density at radius 2 is 1.22 bits per heavy atom. The molecule has 0 unspecified atom stereocenters. The van der Waals surface area contributed by atoms with Gasteiger partial charge in [-0.15, -0.1) is 34.0 Å². The summed E-state index contributed by atoms with van der Waals surface area (Å²) in [5, 5.41) is 24.6. The molecule has 0 radical (unpaired) electrons. The molecule has 7 rings (SSSR count). The highest BCUT2D eigenvalue weighted by atomic mass is 32.1. The van der Waals surface area contributed by atoms with Gasteiger partial charge in [0.25, 0.3) is 5.70 Å². The second kappa shape index (κ2) is 27.0. The number of benzene rings is 3. The minimum Gasteiger partial charge on any atom is -0.486 e. The number of thiophene rings is 3. The first-order chi connectivity index (χ1) is 32.6. The third kappa shape index (κ3) is 14.6. The van der Waals surface area contributed by atoms with Crippen molar-refractivity contribution < 1.29 is 29.3 Å². The van der Waals surface area contributed by atoms with E-state index in [2.05, 4.69) is 127 Å². The first-order valence-corrected chi connectivity index (χ1v) is 24.9. The number of nitriles is 1. The van der Waals surface area contributed by atoms with E-state index >= 15 is 0 Å². The van der Waals surface area contributed by atoms with Crippen molar-refractivity contribution in [2.75, 3.05) is 19.8 Å². The molecular formula is C55H55N3O6S3. The fourth-order valence-electron chi connectivity index (χ4n) is 7.42. The highest BCUT2D eigenvalue weighted by Gasteiger charge is 2.28. The van der Waals surface area contributed by atoms with Gasteiger partial charge in [0.1, 0.15) is 13.2 Å². The number of carbonyl (C=O) groups is 2.